The van der Waals surface area contributed by atoms with Crippen molar-refractivity contribution in [3.05, 3.63) is 24.4 Å². The fourth-order valence-corrected chi connectivity index (χ4v) is 2.54. The van der Waals surface area contributed by atoms with Crippen molar-refractivity contribution < 1.29 is 4.21 Å². The number of fused-ring (bicyclic) bond motifs is 3. The Labute approximate surface area is 88.3 Å². The molecule has 1 atom stereocenters. The number of nitrogens with zero attached hydrogens (tertiary/aromatic N) is 2. The second kappa shape index (κ2) is 2.87. The number of aliphatic imine (C=N–C) groups is 1. The SMILES string of the molecule is Nc1ccnc2ccc3c(c12)N=CS3=O. The Morgan fingerprint density at radius 3 is 3.00 bits per heavy atom. The highest BCUT2D eigenvalue weighted by Gasteiger charge is 2.18. The van der Waals surface area contributed by atoms with Gasteiger partial charge in [0.25, 0.3) is 0 Å². The van der Waals surface area contributed by atoms with E-state index in [0.717, 1.165) is 10.9 Å². The molecule has 74 valence electrons. The number of nitrogen functional groups attached to an aromatic ring is 1. The van der Waals surface area contributed by atoms with Crippen molar-refractivity contribution in [2.45, 2.75) is 4.90 Å². The molecule has 0 amide bonds. The van der Waals surface area contributed by atoms with E-state index in [4.69, 9.17) is 5.73 Å². The molecule has 0 saturated heterocycles. The number of benzene rings is 1. The Hall–Kier alpha value is -1.75. The van der Waals surface area contributed by atoms with Crippen LogP contribution in [0.2, 0.25) is 0 Å². The van der Waals surface area contributed by atoms with Gasteiger partial charge in [0, 0.05) is 11.9 Å². The Morgan fingerprint density at radius 2 is 2.13 bits per heavy atom. The molecule has 0 bridgehead atoms. The van der Waals surface area contributed by atoms with Crippen molar-refractivity contribution >= 4 is 38.6 Å². The summed E-state index contributed by atoms with van der Waals surface area (Å²) in [5.41, 5.74) is 9.38. The Bertz CT molecular complexity index is 621. The molecule has 15 heavy (non-hydrogen) atoms. The van der Waals surface area contributed by atoms with Crippen LogP contribution in [0.5, 0.6) is 0 Å². The van der Waals surface area contributed by atoms with Crippen molar-refractivity contribution in [2.24, 2.45) is 4.99 Å². The van der Waals surface area contributed by atoms with Gasteiger partial charge < -0.3 is 5.73 Å². The van der Waals surface area contributed by atoms with Crippen LogP contribution in [0.25, 0.3) is 10.9 Å². The number of hydrogen-bond donors (Lipinski definition) is 1. The van der Waals surface area contributed by atoms with Crippen molar-refractivity contribution in [1.29, 1.82) is 0 Å². The fraction of sp³-hybridized carbons (Fsp3) is 0. The molecule has 2 aromatic rings. The smallest absolute Gasteiger partial charge is 0.0984 e. The van der Waals surface area contributed by atoms with Crippen LogP contribution < -0.4 is 5.73 Å². The van der Waals surface area contributed by atoms with E-state index in [1.54, 1.807) is 18.3 Å². The highest BCUT2D eigenvalue weighted by Crippen LogP contribution is 2.37. The molecule has 1 aliphatic heterocycles. The third-order valence-corrected chi connectivity index (χ3v) is 3.43. The van der Waals surface area contributed by atoms with E-state index in [2.05, 4.69) is 9.98 Å². The summed E-state index contributed by atoms with van der Waals surface area (Å²) >= 11 is 0. The summed E-state index contributed by atoms with van der Waals surface area (Å²) in [5, 5.41) is 0.789. The summed E-state index contributed by atoms with van der Waals surface area (Å²) in [6.07, 6.45) is 1.65. The number of anilines is 1. The predicted molar refractivity (Wildman–Crippen MR) is 60.7 cm³/mol. The minimum absolute atomic E-state index is 0.618. The molecule has 0 saturated carbocycles. The number of hydrogen-bond acceptors (Lipinski definition) is 4. The zero-order valence-corrected chi connectivity index (χ0v) is 8.49. The first-order chi connectivity index (χ1) is 7.27. The highest BCUT2D eigenvalue weighted by atomic mass is 32.2. The van der Waals surface area contributed by atoms with Crippen LogP contribution in [0.3, 0.4) is 0 Å². The molecular formula is C10H7N3OS. The first kappa shape index (κ1) is 8.55. The van der Waals surface area contributed by atoms with E-state index in [0.29, 0.717) is 16.3 Å². The molecule has 1 aromatic heterocycles. The van der Waals surface area contributed by atoms with E-state index in [9.17, 15) is 4.21 Å². The van der Waals surface area contributed by atoms with Gasteiger partial charge in [-0.25, -0.2) is 9.20 Å². The minimum Gasteiger partial charge on any atom is -0.398 e. The molecule has 0 radical (unpaired) electrons. The quantitative estimate of drug-likeness (QED) is 0.728. The van der Waals surface area contributed by atoms with Gasteiger partial charge in [0.05, 0.1) is 37.8 Å². The topological polar surface area (TPSA) is 68.3 Å². The van der Waals surface area contributed by atoms with E-state index < -0.39 is 10.8 Å². The average Bonchev–Trinajstić information content (AvgIpc) is 2.61. The van der Waals surface area contributed by atoms with Gasteiger partial charge in [0.15, 0.2) is 0 Å². The minimum atomic E-state index is -1.14. The van der Waals surface area contributed by atoms with Crippen molar-refractivity contribution in [3.8, 4) is 0 Å². The first-order valence-corrected chi connectivity index (χ1v) is 5.60. The Kier molecular flexibility index (Phi) is 1.63. The van der Waals surface area contributed by atoms with Crippen LogP contribution in [0.4, 0.5) is 11.4 Å². The molecule has 5 heteroatoms. The number of rotatable bonds is 0. The van der Waals surface area contributed by atoms with Gasteiger partial charge in [0.2, 0.25) is 0 Å². The third kappa shape index (κ3) is 1.10. The molecule has 4 nitrogen and oxygen atoms in total. The molecule has 0 spiro atoms. The second-order valence-corrected chi connectivity index (χ2v) is 4.48. The van der Waals surface area contributed by atoms with Gasteiger partial charge in [-0.2, -0.15) is 0 Å². The van der Waals surface area contributed by atoms with Crippen molar-refractivity contribution in [2.75, 3.05) is 5.73 Å². The Morgan fingerprint density at radius 1 is 1.27 bits per heavy atom. The molecule has 2 heterocycles. The van der Waals surface area contributed by atoms with E-state index >= 15 is 0 Å². The van der Waals surface area contributed by atoms with Crippen LogP contribution >= 0.6 is 0 Å². The van der Waals surface area contributed by atoms with Crippen LogP contribution in [0.15, 0.2) is 34.3 Å². The summed E-state index contributed by atoms with van der Waals surface area (Å²) in [7, 11) is -1.14. The van der Waals surface area contributed by atoms with Crippen LogP contribution in [-0.4, -0.2) is 14.7 Å². The summed E-state index contributed by atoms with van der Waals surface area (Å²) in [6, 6.07) is 5.32. The summed E-state index contributed by atoms with van der Waals surface area (Å²) in [6.45, 7) is 0. The molecule has 1 aromatic carbocycles. The van der Waals surface area contributed by atoms with Crippen molar-refractivity contribution in [1.82, 2.24) is 4.98 Å². The molecule has 0 fully saturated rings. The predicted octanol–water partition coefficient (Wildman–Crippen LogP) is 1.60. The highest BCUT2D eigenvalue weighted by molar-refractivity contribution is 7.99. The lowest BCUT2D eigenvalue weighted by Crippen LogP contribution is -1.91. The molecule has 1 aliphatic rings. The van der Waals surface area contributed by atoms with Crippen LogP contribution in [0.1, 0.15) is 0 Å². The largest absolute Gasteiger partial charge is 0.398 e. The lowest BCUT2D eigenvalue weighted by atomic mass is 10.1. The number of aromatic nitrogens is 1. The van der Waals surface area contributed by atoms with E-state index in [1.807, 2.05) is 6.07 Å². The maximum absolute atomic E-state index is 11.5. The Balaban J connectivity index is 2.53. The molecule has 2 N–H and O–H groups in total. The van der Waals surface area contributed by atoms with Crippen LogP contribution in [-0.2, 0) is 10.8 Å². The second-order valence-electron chi connectivity index (χ2n) is 3.24. The zero-order valence-electron chi connectivity index (χ0n) is 7.68. The van der Waals surface area contributed by atoms with Crippen LogP contribution in [0, 0.1) is 0 Å². The number of nitrogens with two attached hydrogens (primary N) is 1. The van der Waals surface area contributed by atoms with Gasteiger partial charge >= 0.3 is 0 Å². The molecule has 0 aliphatic carbocycles. The summed E-state index contributed by atoms with van der Waals surface area (Å²) in [4.78, 5) is 9.03. The normalized spacial score (nSPS) is 18.3. The van der Waals surface area contributed by atoms with E-state index in [-0.39, 0.29) is 0 Å². The lowest BCUT2D eigenvalue weighted by Gasteiger charge is -2.04. The molecular weight excluding hydrogens is 210 g/mol. The third-order valence-electron chi connectivity index (χ3n) is 2.37. The number of pyridine rings is 1. The summed E-state index contributed by atoms with van der Waals surface area (Å²) < 4.78 is 11.5. The van der Waals surface area contributed by atoms with Gasteiger partial charge in [0.1, 0.15) is 0 Å². The monoisotopic (exact) mass is 217 g/mol. The first-order valence-electron chi connectivity index (χ1n) is 4.39. The zero-order chi connectivity index (χ0) is 10.4. The average molecular weight is 217 g/mol. The van der Waals surface area contributed by atoms with Gasteiger partial charge in [-0.05, 0) is 18.2 Å². The maximum Gasteiger partial charge on any atom is 0.0984 e. The van der Waals surface area contributed by atoms with Gasteiger partial charge in [-0.3, -0.25) is 4.98 Å². The van der Waals surface area contributed by atoms with Crippen molar-refractivity contribution in [3.63, 3.8) is 0 Å². The van der Waals surface area contributed by atoms with Gasteiger partial charge in [-0.1, -0.05) is 0 Å². The van der Waals surface area contributed by atoms with E-state index in [1.165, 1.54) is 5.55 Å². The standard InChI is InChI=1S/C10H7N3OS/c11-6-3-4-12-7-1-2-8-10(9(6)7)13-5-15(8)14/h1-5H,(H2,11,12). The summed E-state index contributed by atoms with van der Waals surface area (Å²) in [5.74, 6) is 0. The fourth-order valence-electron chi connectivity index (χ4n) is 1.68. The van der Waals surface area contributed by atoms with Gasteiger partial charge in [-0.15, -0.1) is 0 Å². The lowest BCUT2D eigenvalue weighted by molar-refractivity contribution is 0.691. The molecule has 3 rings (SSSR count). The molecule has 1 unspecified atom stereocenters. The maximum atomic E-state index is 11.5.